The molecule has 0 amide bonds. The molecule has 0 aliphatic rings. The quantitative estimate of drug-likeness (QED) is 0.449. The van der Waals surface area contributed by atoms with Crippen LogP contribution in [0.25, 0.3) is 0 Å². The topological polar surface area (TPSA) is 88.5 Å². The van der Waals surface area contributed by atoms with E-state index in [-0.39, 0.29) is 5.71 Å². The zero-order valence-electron chi connectivity index (χ0n) is 9.02. The van der Waals surface area contributed by atoms with E-state index in [4.69, 9.17) is 11.0 Å². The van der Waals surface area contributed by atoms with Crippen LogP contribution in [0.4, 0.5) is 5.69 Å². The Balaban J connectivity index is 3.24. The zero-order chi connectivity index (χ0) is 12.1. The van der Waals surface area contributed by atoms with Crippen LogP contribution in [0.2, 0.25) is 0 Å². The highest BCUT2D eigenvalue weighted by Crippen LogP contribution is 2.15. The highest BCUT2D eigenvalue weighted by Gasteiger charge is 2.16. The predicted molar refractivity (Wildman–Crippen MR) is 60.0 cm³/mol. The molecule has 0 radical (unpaired) electrons. The number of ether oxygens (including phenoxy) is 1. The second-order valence-electron chi connectivity index (χ2n) is 2.98. The number of carbonyl (C=O) groups is 1. The number of nitrogen functional groups attached to an aromatic ring is 1. The van der Waals surface area contributed by atoms with Gasteiger partial charge in [0.1, 0.15) is 0 Å². The van der Waals surface area contributed by atoms with Crippen LogP contribution in [0.3, 0.4) is 0 Å². The van der Waals surface area contributed by atoms with E-state index >= 15 is 0 Å². The van der Waals surface area contributed by atoms with Crippen LogP contribution in [0.1, 0.15) is 11.1 Å². The van der Waals surface area contributed by atoms with Crippen LogP contribution in [0.5, 0.6) is 0 Å². The van der Waals surface area contributed by atoms with Gasteiger partial charge in [-0.3, -0.25) is 4.99 Å². The molecule has 0 aliphatic heterocycles. The Labute approximate surface area is 93.2 Å². The summed E-state index contributed by atoms with van der Waals surface area (Å²) >= 11 is 0. The molecule has 0 spiro atoms. The second-order valence-corrected chi connectivity index (χ2v) is 2.98. The summed E-state index contributed by atoms with van der Waals surface area (Å²) in [4.78, 5) is 15.2. The van der Waals surface area contributed by atoms with Gasteiger partial charge in [0.2, 0.25) is 0 Å². The molecule has 1 aromatic rings. The maximum absolute atomic E-state index is 11.4. The normalized spacial score (nSPS) is 10.7. The Morgan fingerprint density at radius 3 is 2.69 bits per heavy atom. The average molecular weight is 217 g/mol. The van der Waals surface area contributed by atoms with E-state index in [2.05, 4.69) is 9.73 Å². The molecule has 0 aromatic heterocycles. The summed E-state index contributed by atoms with van der Waals surface area (Å²) in [5.74, 6) is -0.557. The van der Waals surface area contributed by atoms with Crippen LogP contribution in [0, 0.1) is 11.3 Å². The number of hydrogen-bond donors (Lipinski definition) is 1. The van der Waals surface area contributed by atoms with Crippen molar-refractivity contribution in [2.45, 2.75) is 0 Å². The van der Waals surface area contributed by atoms with E-state index in [1.165, 1.54) is 20.2 Å². The van der Waals surface area contributed by atoms with E-state index in [1.54, 1.807) is 12.1 Å². The third kappa shape index (κ3) is 2.17. The third-order valence-corrected chi connectivity index (χ3v) is 2.04. The van der Waals surface area contributed by atoms with Gasteiger partial charge in [0, 0.05) is 18.3 Å². The summed E-state index contributed by atoms with van der Waals surface area (Å²) in [5, 5.41) is 8.68. The molecule has 16 heavy (non-hydrogen) atoms. The summed E-state index contributed by atoms with van der Waals surface area (Å²) in [6.07, 6.45) is 0. The lowest BCUT2D eigenvalue weighted by Crippen LogP contribution is -2.18. The summed E-state index contributed by atoms with van der Waals surface area (Å²) < 4.78 is 4.58. The van der Waals surface area contributed by atoms with Crippen molar-refractivity contribution < 1.29 is 9.53 Å². The van der Waals surface area contributed by atoms with Crippen molar-refractivity contribution in [1.29, 1.82) is 5.26 Å². The molecule has 1 aromatic carbocycles. The van der Waals surface area contributed by atoms with Crippen molar-refractivity contribution >= 4 is 17.4 Å². The predicted octanol–water partition coefficient (Wildman–Crippen LogP) is 0.732. The van der Waals surface area contributed by atoms with Gasteiger partial charge < -0.3 is 10.5 Å². The first-order valence-corrected chi connectivity index (χ1v) is 4.49. The molecular formula is C11H11N3O2. The number of esters is 1. The number of aliphatic imine (C=N–C) groups is 1. The molecule has 82 valence electrons. The summed E-state index contributed by atoms with van der Waals surface area (Å²) in [5.41, 5.74) is 7.09. The fourth-order valence-corrected chi connectivity index (χ4v) is 1.27. The third-order valence-electron chi connectivity index (χ3n) is 2.04. The number of hydrogen-bond acceptors (Lipinski definition) is 5. The Morgan fingerprint density at radius 1 is 1.56 bits per heavy atom. The highest BCUT2D eigenvalue weighted by atomic mass is 16.5. The first kappa shape index (κ1) is 11.7. The van der Waals surface area contributed by atoms with Gasteiger partial charge in [-0.25, -0.2) is 4.79 Å². The molecule has 0 unspecified atom stereocenters. The largest absolute Gasteiger partial charge is 0.464 e. The SMILES string of the molecule is CN=C(C(=O)OC)c1ccc(C#N)cc1N. The van der Waals surface area contributed by atoms with Gasteiger partial charge in [-0.2, -0.15) is 5.26 Å². The lowest BCUT2D eigenvalue weighted by atomic mass is 10.1. The Kier molecular flexibility index (Phi) is 3.62. The summed E-state index contributed by atoms with van der Waals surface area (Å²) in [6.45, 7) is 0. The van der Waals surface area contributed by atoms with E-state index < -0.39 is 5.97 Å². The van der Waals surface area contributed by atoms with E-state index in [0.29, 0.717) is 16.8 Å². The standard InChI is InChI=1S/C11H11N3O2/c1-14-10(11(15)16-2)8-4-3-7(6-12)5-9(8)13/h3-5H,13H2,1-2H3. The van der Waals surface area contributed by atoms with Crippen LogP contribution < -0.4 is 5.73 Å². The minimum absolute atomic E-state index is 0.143. The highest BCUT2D eigenvalue weighted by molar-refractivity contribution is 6.44. The number of rotatable bonds is 2. The number of nitrogens with two attached hydrogens (primary N) is 1. The van der Waals surface area contributed by atoms with Crippen LogP contribution in [0.15, 0.2) is 23.2 Å². The maximum atomic E-state index is 11.4. The average Bonchev–Trinajstić information content (AvgIpc) is 2.31. The van der Waals surface area contributed by atoms with Crippen molar-refractivity contribution in [3.05, 3.63) is 29.3 Å². The molecular weight excluding hydrogens is 206 g/mol. The van der Waals surface area contributed by atoms with Crippen molar-refractivity contribution in [1.82, 2.24) is 0 Å². The molecule has 0 atom stereocenters. The number of carbonyl (C=O) groups excluding carboxylic acids is 1. The summed E-state index contributed by atoms with van der Waals surface area (Å²) in [6, 6.07) is 6.59. The zero-order valence-corrected chi connectivity index (χ0v) is 9.02. The first-order chi connectivity index (χ1) is 7.63. The molecule has 0 saturated carbocycles. The van der Waals surface area contributed by atoms with Gasteiger partial charge in [-0.15, -0.1) is 0 Å². The molecule has 5 heteroatoms. The van der Waals surface area contributed by atoms with Gasteiger partial charge in [0.05, 0.1) is 18.7 Å². The minimum Gasteiger partial charge on any atom is -0.464 e. The van der Waals surface area contributed by atoms with Gasteiger partial charge in [-0.05, 0) is 18.2 Å². The number of benzene rings is 1. The number of methoxy groups -OCH3 is 1. The molecule has 5 nitrogen and oxygen atoms in total. The van der Waals surface area contributed by atoms with Crippen molar-refractivity contribution in [3.63, 3.8) is 0 Å². The minimum atomic E-state index is -0.557. The molecule has 0 aliphatic carbocycles. The van der Waals surface area contributed by atoms with Crippen molar-refractivity contribution in [2.24, 2.45) is 4.99 Å². The number of nitrogens with zero attached hydrogens (tertiary/aromatic N) is 2. The van der Waals surface area contributed by atoms with Crippen LogP contribution >= 0.6 is 0 Å². The Bertz CT molecular complexity index is 486. The van der Waals surface area contributed by atoms with Crippen LogP contribution in [-0.4, -0.2) is 25.8 Å². The van der Waals surface area contributed by atoms with Gasteiger partial charge >= 0.3 is 5.97 Å². The van der Waals surface area contributed by atoms with E-state index in [1.807, 2.05) is 6.07 Å². The van der Waals surface area contributed by atoms with Gasteiger partial charge in [0.25, 0.3) is 0 Å². The molecule has 1 rings (SSSR count). The van der Waals surface area contributed by atoms with Gasteiger partial charge in [0.15, 0.2) is 5.71 Å². The molecule has 0 fully saturated rings. The molecule has 2 N–H and O–H groups in total. The van der Waals surface area contributed by atoms with E-state index in [9.17, 15) is 4.79 Å². The first-order valence-electron chi connectivity index (χ1n) is 4.49. The van der Waals surface area contributed by atoms with E-state index in [0.717, 1.165) is 0 Å². The number of anilines is 1. The van der Waals surface area contributed by atoms with Gasteiger partial charge in [-0.1, -0.05) is 0 Å². The fraction of sp³-hybridized carbons (Fsp3) is 0.182. The monoisotopic (exact) mass is 217 g/mol. The van der Waals surface area contributed by atoms with Crippen molar-refractivity contribution in [3.8, 4) is 6.07 Å². The second kappa shape index (κ2) is 4.94. The summed E-state index contributed by atoms with van der Waals surface area (Å²) in [7, 11) is 2.75. The molecule has 0 saturated heterocycles. The Morgan fingerprint density at radius 2 is 2.25 bits per heavy atom. The van der Waals surface area contributed by atoms with Crippen molar-refractivity contribution in [2.75, 3.05) is 19.9 Å². The fourth-order valence-electron chi connectivity index (χ4n) is 1.27. The van der Waals surface area contributed by atoms with Crippen LogP contribution in [-0.2, 0) is 9.53 Å². The smallest absolute Gasteiger partial charge is 0.356 e. The lowest BCUT2D eigenvalue weighted by Gasteiger charge is -2.06. The maximum Gasteiger partial charge on any atom is 0.356 e. The Hall–Kier alpha value is -2.35. The molecule has 0 bridgehead atoms. The lowest BCUT2D eigenvalue weighted by molar-refractivity contribution is -0.132. The number of nitriles is 1. The molecule has 0 heterocycles.